The van der Waals surface area contributed by atoms with Gasteiger partial charge in [-0.15, -0.1) is 0 Å². The van der Waals surface area contributed by atoms with Crippen molar-refractivity contribution in [3.05, 3.63) is 24.2 Å². The quantitative estimate of drug-likeness (QED) is 0.776. The minimum Gasteiger partial charge on any atom is -0.467 e. The van der Waals surface area contributed by atoms with Gasteiger partial charge >= 0.3 is 0 Å². The number of nitrogens with one attached hydrogen (secondary N) is 1. The summed E-state index contributed by atoms with van der Waals surface area (Å²) in [4.78, 5) is 11.8. The van der Waals surface area contributed by atoms with Crippen molar-refractivity contribution in [3.8, 4) is 0 Å². The molecule has 0 aromatic carbocycles. The lowest BCUT2D eigenvalue weighted by atomic mass is 9.96. The van der Waals surface area contributed by atoms with Crippen LogP contribution < -0.4 is 11.1 Å². The summed E-state index contributed by atoms with van der Waals surface area (Å²) in [5, 5.41) is 2.79. The predicted octanol–water partition coefficient (Wildman–Crippen LogP) is 1.02. The second kappa shape index (κ2) is 3.70. The van der Waals surface area contributed by atoms with Gasteiger partial charge in [-0.1, -0.05) is 0 Å². The van der Waals surface area contributed by atoms with Gasteiger partial charge in [0.25, 0.3) is 0 Å². The standard InChI is InChI=1S/C11H16N2O2/c1-11(12,8-4-5-8)10(14)13-7-9-3-2-6-15-9/h2-3,6,8H,4-5,7,12H2,1H3,(H,13,14). The van der Waals surface area contributed by atoms with Crippen LogP contribution in [0.5, 0.6) is 0 Å². The molecule has 1 fully saturated rings. The molecule has 0 aliphatic heterocycles. The molecule has 3 N–H and O–H groups in total. The molecule has 4 nitrogen and oxygen atoms in total. The highest BCUT2D eigenvalue weighted by molar-refractivity contribution is 5.86. The third kappa shape index (κ3) is 2.21. The van der Waals surface area contributed by atoms with Crippen molar-refractivity contribution in [1.29, 1.82) is 0 Å². The fraction of sp³-hybridized carbons (Fsp3) is 0.545. The largest absolute Gasteiger partial charge is 0.467 e. The predicted molar refractivity (Wildman–Crippen MR) is 55.9 cm³/mol. The minimum atomic E-state index is -0.730. The molecule has 2 rings (SSSR count). The molecule has 0 spiro atoms. The van der Waals surface area contributed by atoms with E-state index in [0.717, 1.165) is 18.6 Å². The lowest BCUT2D eigenvalue weighted by Crippen LogP contribution is -2.53. The van der Waals surface area contributed by atoms with Crippen LogP contribution in [-0.2, 0) is 11.3 Å². The van der Waals surface area contributed by atoms with Gasteiger partial charge in [-0.25, -0.2) is 0 Å². The maximum absolute atomic E-state index is 11.8. The van der Waals surface area contributed by atoms with E-state index in [2.05, 4.69) is 5.32 Å². The van der Waals surface area contributed by atoms with Crippen LogP contribution in [0.4, 0.5) is 0 Å². The molecule has 1 atom stereocenters. The van der Waals surface area contributed by atoms with E-state index in [0.29, 0.717) is 12.5 Å². The highest BCUT2D eigenvalue weighted by Crippen LogP contribution is 2.38. The Bertz CT molecular complexity index is 339. The van der Waals surface area contributed by atoms with Gasteiger partial charge in [0.05, 0.1) is 18.3 Å². The second-order valence-corrected chi connectivity index (χ2v) is 4.32. The molecule has 0 bridgehead atoms. The first-order chi connectivity index (χ1) is 7.10. The highest BCUT2D eigenvalue weighted by atomic mass is 16.3. The number of hydrogen-bond acceptors (Lipinski definition) is 3. The van der Waals surface area contributed by atoms with Gasteiger partial charge in [0, 0.05) is 0 Å². The van der Waals surface area contributed by atoms with Gasteiger partial charge in [-0.05, 0) is 37.8 Å². The Morgan fingerprint density at radius 1 is 1.73 bits per heavy atom. The summed E-state index contributed by atoms with van der Waals surface area (Å²) in [5.41, 5.74) is 5.23. The minimum absolute atomic E-state index is 0.0959. The van der Waals surface area contributed by atoms with Crippen LogP contribution in [0.25, 0.3) is 0 Å². The zero-order chi connectivity index (χ0) is 10.9. The van der Waals surface area contributed by atoms with Crippen molar-refractivity contribution < 1.29 is 9.21 Å². The third-order valence-corrected chi connectivity index (χ3v) is 2.92. The maximum Gasteiger partial charge on any atom is 0.240 e. The molecule has 15 heavy (non-hydrogen) atoms. The van der Waals surface area contributed by atoms with Crippen LogP contribution in [0.15, 0.2) is 22.8 Å². The van der Waals surface area contributed by atoms with E-state index < -0.39 is 5.54 Å². The second-order valence-electron chi connectivity index (χ2n) is 4.32. The van der Waals surface area contributed by atoms with E-state index >= 15 is 0 Å². The van der Waals surface area contributed by atoms with Crippen molar-refractivity contribution in [1.82, 2.24) is 5.32 Å². The number of nitrogens with two attached hydrogens (primary N) is 1. The van der Waals surface area contributed by atoms with Crippen LogP contribution in [-0.4, -0.2) is 11.4 Å². The van der Waals surface area contributed by atoms with E-state index in [1.54, 1.807) is 19.3 Å². The molecule has 0 saturated heterocycles. The molecule has 1 heterocycles. The van der Waals surface area contributed by atoms with E-state index in [4.69, 9.17) is 10.2 Å². The van der Waals surface area contributed by atoms with E-state index in [1.807, 2.05) is 6.07 Å². The topological polar surface area (TPSA) is 68.3 Å². The fourth-order valence-corrected chi connectivity index (χ4v) is 1.64. The first-order valence-electron chi connectivity index (χ1n) is 5.20. The molecule has 1 unspecified atom stereocenters. The number of carbonyl (C=O) groups is 1. The average molecular weight is 208 g/mol. The van der Waals surface area contributed by atoms with Gasteiger partial charge in [-0.3, -0.25) is 4.79 Å². The molecule has 4 heteroatoms. The van der Waals surface area contributed by atoms with Crippen molar-refractivity contribution in [2.24, 2.45) is 11.7 Å². The number of hydrogen-bond donors (Lipinski definition) is 2. The Morgan fingerprint density at radius 3 is 3.00 bits per heavy atom. The van der Waals surface area contributed by atoms with Crippen LogP contribution >= 0.6 is 0 Å². The van der Waals surface area contributed by atoms with Crippen molar-refractivity contribution in [2.45, 2.75) is 31.8 Å². The smallest absolute Gasteiger partial charge is 0.240 e. The molecule has 1 aromatic rings. The summed E-state index contributed by atoms with van der Waals surface area (Å²) < 4.78 is 5.12. The molecule has 1 saturated carbocycles. The summed E-state index contributed by atoms with van der Waals surface area (Å²) in [5.74, 6) is 0.991. The Balaban J connectivity index is 1.86. The first kappa shape index (κ1) is 10.2. The number of carbonyl (C=O) groups excluding carboxylic acids is 1. The number of furan rings is 1. The van der Waals surface area contributed by atoms with Gasteiger partial charge in [0.1, 0.15) is 5.76 Å². The molecule has 82 valence electrons. The van der Waals surface area contributed by atoms with Crippen LogP contribution in [0, 0.1) is 5.92 Å². The normalized spacial score (nSPS) is 19.6. The Morgan fingerprint density at radius 2 is 2.47 bits per heavy atom. The molecule has 1 amide bonds. The van der Waals surface area contributed by atoms with Crippen molar-refractivity contribution in [3.63, 3.8) is 0 Å². The SMILES string of the molecule is CC(N)(C(=O)NCc1ccco1)C1CC1. The lowest BCUT2D eigenvalue weighted by Gasteiger charge is -2.22. The number of rotatable bonds is 4. The zero-order valence-electron chi connectivity index (χ0n) is 8.82. The molecular weight excluding hydrogens is 192 g/mol. The van der Waals surface area contributed by atoms with E-state index in [1.165, 1.54) is 0 Å². The summed E-state index contributed by atoms with van der Waals surface area (Å²) in [7, 11) is 0. The fourth-order valence-electron chi connectivity index (χ4n) is 1.64. The zero-order valence-corrected chi connectivity index (χ0v) is 8.82. The van der Waals surface area contributed by atoms with Crippen LogP contribution in [0.2, 0.25) is 0 Å². The van der Waals surface area contributed by atoms with E-state index in [9.17, 15) is 4.79 Å². The Labute approximate surface area is 88.8 Å². The summed E-state index contributed by atoms with van der Waals surface area (Å²) in [6, 6.07) is 3.62. The highest BCUT2D eigenvalue weighted by Gasteiger charge is 2.43. The van der Waals surface area contributed by atoms with Crippen LogP contribution in [0.1, 0.15) is 25.5 Å². The van der Waals surface area contributed by atoms with Gasteiger partial charge in [0.15, 0.2) is 0 Å². The Hall–Kier alpha value is -1.29. The lowest BCUT2D eigenvalue weighted by molar-refractivity contribution is -0.126. The van der Waals surface area contributed by atoms with E-state index in [-0.39, 0.29) is 5.91 Å². The van der Waals surface area contributed by atoms with Crippen LogP contribution in [0.3, 0.4) is 0 Å². The maximum atomic E-state index is 11.8. The third-order valence-electron chi connectivity index (χ3n) is 2.92. The van der Waals surface area contributed by atoms with Crippen molar-refractivity contribution >= 4 is 5.91 Å². The molecular formula is C11H16N2O2. The van der Waals surface area contributed by atoms with Gasteiger partial charge in [-0.2, -0.15) is 0 Å². The molecule has 1 aliphatic carbocycles. The molecule has 1 aliphatic rings. The van der Waals surface area contributed by atoms with Gasteiger partial charge < -0.3 is 15.5 Å². The monoisotopic (exact) mass is 208 g/mol. The molecule has 1 aromatic heterocycles. The first-order valence-corrected chi connectivity index (χ1v) is 5.20. The molecule has 0 radical (unpaired) electrons. The summed E-state index contributed by atoms with van der Waals surface area (Å²) >= 11 is 0. The Kier molecular flexibility index (Phi) is 2.52. The average Bonchev–Trinajstić information content (AvgIpc) is 2.94. The summed E-state index contributed by atoms with van der Waals surface area (Å²) in [6.45, 7) is 2.20. The number of amides is 1. The summed E-state index contributed by atoms with van der Waals surface area (Å²) in [6.07, 6.45) is 3.70. The van der Waals surface area contributed by atoms with Gasteiger partial charge in [0.2, 0.25) is 5.91 Å². The van der Waals surface area contributed by atoms with Crippen molar-refractivity contribution in [2.75, 3.05) is 0 Å².